The van der Waals surface area contributed by atoms with Crippen molar-refractivity contribution in [1.29, 1.82) is 0 Å². The number of hydrogen-bond donors (Lipinski definition) is 1. The molecular weight excluding hydrogens is 354 g/mol. The van der Waals surface area contributed by atoms with Gasteiger partial charge in [-0.3, -0.25) is 4.79 Å². The zero-order valence-electron chi connectivity index (χ0n) is 14.9. The molecule has 1 N–H and O–H groups in total. The average Bonchev–Trinajstić information content (AvgIpc) is 2.69. The van der Waals surface area contributed by atoms with Crippen LogP contribution in [-0.4, -0.2) is 39.0 Å². The van der Waals surface area contributed by atoms with Gasteiger partial charge < -0.3 is 19.5 Å². The molecule has 0 saturated heterocycles. The van der Waals surface area contributed by atoms with Crippen LogP contribution in [0.15, 0.2) is 47.4 Å². The van der Waals surface area contributed by atoms with Gasteiger partial charge in [0.25, 0.3) is 5.91 Å². The van der Waals surface area contributed by atoms with E-state index in [-0.39, 0.29) is 19.1 Å². The van der Waals surface area contributed by atoms with Crippen molar-refractivity contribution in [2.24, 2.45) is 0 Å². The molecular formula is C19H21NO5S. The number of nitrogens with one attached hydrogen (secondary N) is 1. The highest BCUT2D eigenvalue weighted by molar-refractivity contribution is 7.98. The maximum atomic E-state index is 12.1. The van der Waals surface area contributed by atoms with Crippen LogP contribution in [0, 0.1) is 0 Å². The summed E-state index contributed by atoms with van der Waals surface area (Å²) in [6, 6.07) is 12.5. The van der Waals surface area contributed by atoms with Gasteiger partial charge in [-0.05, 0) is 36.1 Å². The quantitative estimate of drug-likeness (QED) is 0.565. The minimum absolute atomic E-state index is 0.290. The standard InChI is InChI=1S/C19H21NO5S/c1-23-15-9-8-13(10-16(15)24-2)11-20-18(21)12-25-19(22)14-6-4-5-7-17(14)26-3/h4-10H,11-12H2,1-3H3,(H,20,21). The van der Waals surface area contributed by atoms with E-state index in [4.69, 9.17) is 14.2 Å². The van der Waals surface area contributed by atoms with Crippen LogP contribution in [0.25, 0.3) is 0 Å². The Morgan fingerprint density at radius 2 is 1.77 bits per heavy atom. The third-order valence-electron chi connectivity index (χ3n) is 3.60. The zero-order valence-corrected chi connectivity index (χ0v) is 15.7. The van der Waals surface area contributed by atoms with Gasteiger partial charge in [-0.25, -0.2) is 4.79 Å². The first-order chi connectivity index (χ1) is 12.6. The molecule has 0 heterocycles. The van der Waals surface area contributed by atoms with Crippen molar-refractivity contribution >= 4 is 23.6 Å². The van der Waals surface area contributed by atoms with Crippen molar-refractivity contribution in [3.05, 3.63) is 53.6 Å². The van der Waals surface area contributed by atoms with Gasteiger partial charge in [0.1, 0.15) is 0 Å². The Balaban J connectivity index is 1.86. The predicted octanol–water partition coefficient (Wildman–Crippen LogP) is 2.90. The molecule has 0 saturated carbocycles. The van der Waals surface area contributed by atoms with E-state index >= 15 is 0 Å². The molecule has 2 aromatic carbocycles. The van der Waals surface area contributed by atoms with Gasteiger partial charge in [-0.2, -0.15) is 0 Å². The van der Waals surface area contributed by atoms with Crippen molar-refractivity contribution in [2.45, 2.75) is 11.4 Å². The number of carbonyl (C=O) groups is 2. The highest BCUT2D eigenvalue weighted by atomic mass is 32.2. The lowest BCUT2D eigenvalue weighted by Crippen LogP contribution is -2.28. The summed E-state index contributed by atoms with van der Waals surface area (Å²) in [5.74, 6) is 0.300. The second-order valence-electron chi connectivity index (χ2n) is 5.24. The zero-order chi connectivity index (χ0) is 18.9. The van der Waals surface area contributed by atoms with Crippen LogP contribution >= 0.6 is 11.8 Å². The molecule has 2 aromatic rings. The van der Waals surface area contributed by atoms with Crippen LogP contribution in [0.1, 0.15) is 15.9 Å². The molecule has 0 unspecified atom stereocenters. The fourth-order valence-electron chi connectivity index (χ4n) is 2.26. The number of amides is 1. The number of hydrogen-bond acceptors (Lipinski definition) is 6. The first-order valence-corrected chi connectivity index (χ1v) is 9.09. The van der Waals surface area contributed by atoms with Gasteiger partial charge in [0, 0.05) is 11.4 Å². The fraction of sp³-hybridized carbons (Fsp3) is 0.263. The van der Waals surface area contributed by atoms with Gasteiger partial charge in [0.05, 0.1) is 19.8 Å². The van der Waals surface area contributed by atoms with Gasteiger partial charge >= 0.3 is 5.97 Å². The second-order valence-corrected chi connectivity index (χ2v) is 6.09. The molecule has 0 aliphatic carbocycles. The largest absolute Gasteiger partial charge is 0.493 e. The highest BCUT2D eigenvalue weighted by Gasteiger charge is 2.14. The Hall–Kier alpha value is -2.67. The lowest BCUT2D eigenvalue weighted by Gasteiger charge is -2.11. The molecule has 0 bridgehead atoms. The summed E-state index contributed by atoms with van der Waals surface area (Å²) in [7, 11) is 3.11. The van der Waals surface area contributed by atoms with E-state index in [1.807, 2.05) is 24.5 Å². The predicted molar refractivity (Wildman–Crippen MR) is 99.9 cm³/mol. The van der Waals surface area contributed by atoms with Crippen molar-refractivity contribution in [3.63, 3.8) is 0 Å². The van der Waals surface area contributed by atoms with Gasteiger partial charge in [-0.15, -0.1) is 11.8 Å². The Labute approximate surface area is 156 Å². The molecule has 6 nitrogen and oxygen atoms in total. The molecule has 0 aromatic heterocycles. The van der Waals surface area contributed by atoms with E-state index in [1.165, 1.54) is 11.8 Å². The summed E-state index contributed by atoms with van der Waals surface area (Å²) in [6.07, 6.45) is 1.88. The molecule has 0 aliphatic heterocycles. The Morgan fingerprint density at radius 3 is 2.46 bits per heavy atom. The maximum Gasteiger partial charge on any atom is 0.339 e. The fourth-order valence-corrected chi connectivity index (χ4v) is 2.85. The number of methoxy groups -OCH3 is 2. The minimum atomic E-state index is -0.517. The average molecular weight is 375 g/mol. The third kappa shape index (κ3) is 5.16. The number of thioether (sulfide) groups is 1. The third-order valence-corrected chi connectivity index (χ3v) is 4.39. The SMILES string of the molecule is COc1ccc(CNC(=O)COC(=O)c2ccccc2SC)cc1OC. The van der Waals surface area contributed by atoms with Crippen molar-refractivity contribution in [2.75, 3.05) is 27.1 Å². The first kappa shape index (κ1) is 19.7. The van der Waals surface area contributed by atoms with Crippen LogP contribution < -0.4 is 14.8 Å². The maximum absolute atomic E-state index is 12.1. The van der Waals surface area contributed by atoms with Gasteiger partial charge in [0.2, 0.25) is 0 Å². The second kappa shape index (κ2) is 9.72. The number of benzene rings is 2. The Kier molecular flexibility index (Phi) is 7.35. The lowest BCUT2D eigenvalue weighted by atomic mass is 10.2. The molecule has 26 heavy (non-hydrogen) atoms. The van der Waals surface area contributed by atoms with E-state index in [1.54, 1.807) is 38.5 Å². The summed E-state index contributed by atoms with van der Waals surface area (Å²) in [4.78, 5) is 24.9. The van der Waals surface area contributed by atoms with Crippen LogP contribution in [0.4, 0.5) is 0 Å². The molecule has 138 valence electrons. The normalized spacial score (nSPS) is 10.1. The Bertz CT molecular complexity index is 778. The number of esters is 1. The monoisotopic (exact) mass is 375 g/mol. The van der Waals surface area contributed by atoms with E-state index in [9.17, 15) is 9.59 Å². The number of rotatable bonds is 8. The van der Waals surface area contributed by atoms with Crippen molar-refractivity contribution in [3.8, 4) is 11.5 Å². The minimum Gasteiger partial charge on any atom is -0.493 e. The lowest BCUT2D eigenvalue weighted by molar-refractivity contribution is -0.124. The summed E-state index contributed by atoms with van der Waals surface area (Å²) in [6.45, 7) is -0.0486. The smallest absolute Gasteiger partial charge is 0.339 e. The van der Waals surface area contributed by atoms with Crippen molar-refractivity contribution in [1.82, 2.24) is 5.32 Å². The summed E-state index contributed by atoms with van der Waals surface area (Å²) in [5.41, 5.74) is 1.29. The number of carbonyl (C=O) groups excluding carboxylic acids is 2. The van der Waals surface area contributed by atoms with Crippen molar-refractivity contribution < 1.29 is 23.8 Å². The molecule has 1 amide bonds. The van der Waals surface area contributed by atoms with Crippen LogP contribution in [0.2, 0.25) is 0 Å². The van der Waals surface area contributed by atoms with Crippen LogP contribution in [-0.2, 0) is 16.1 Å². The highest BCUT2D eigenvalue weighted by Crippen LogP contribution is 2.27. The van der Waals surface area contributed by atoms with E-state index in [0.717, 1.165) is 10.5 Å². The summed E-state index contributed by atoms with van der Waals surface area (Å²) < 4.78 is 15.5. The molecule has 7 heteroatoms. The molecule has 2 rings (SSSR count). The van der Waals surface area contributed by atoms with E-state index in [0.29, 0.717) is 17.1 Å². The van der Waals surface area contributed by atoms with E-state index < -0.39 is 5.97 Å². The first-order valence-electron chi connectivity index (χ1n) is 7.86. The summed E-state index contributed by atoms with van der Waals surface area (Å²) in [5, 5.41) is 2.71. The summed E-state index contributed by atoms with van der Waals surface area (Å²) >= 11 is 1.45. The molecule has 0 radical (unpaired) electrons. The van der Waals surface area contributed by atoms with Crippen LogP contribution in [0.3, 0.4) is 0 Å². The molecule has 0 fully saturated rings. The van der Waals surface area contributed by atoms with Crippen LogP contribution in [0.5, 0.6) is 11.5 Å². The van der Waals surface area contributed by atoms with Gasteiger partial charge in [-0.1, -0.05) is 18.2 Å². The molecule has 0 atom stereocenters. The van der Waals surface area contributed by atoms with Gasteiger partial charge in [0.15, 0.2) is 18.1 Å². The molecule has 0 spiro atoms. The number of ether oxygens (including phenoxy) is 3. The van der Waals surface area contributed by atoms with E-state index in [2.05, 4.69) is 5.32 Å². The topological polar surface area (TPSA) is 73.9 Å². The Morgan fingerprint density at radius 1 is 1.04 bits per heavy atom. The molecule has 0 aliphatic rings.